The van der Waals surface area contributed by atoms with E-state index in [2.05, 4.69) is 39.7 Å². The Bertz CT molecular complexity index is 600. The molecule has 0 amide bonds. The van der Waals surface area contributed by atoms with Crippen LogP contribution in [0.3, 0.4) is 0 Å². The first-order valence-corrected chi connectivity index (χ1v) is 10.2. The van der Waals surface area contributed by atoms with Crippen molar-refractivity contribution in [2.24, 2.45) is 4.99 Å². The summed E-state index contributed by atoms with van der Waals surface area (Å²) < 4.78 is 11.1. The van der Waals surface area contributed by atoms with E-state index in [1.54, 1.807) is 4.90 Å². The summed E-state index contributed by atoms with van der Waals surface area (Å²) in [6.45, 7) is 2.06. The lowest BCUT2D eigenvalue weighted by Gasteiger charge is -2.07. The summed E-state index contributed by atoms with van der Waals surface area (Å²) in [5.41, 5.74) is 2.21. The maximum atomic E-state index is 9.19. The highest BCUT2D eigenvalue weighted by Crippen LogP contribution is 2.46. The molecular formula is C13H20Cl3N4O2P. The molecule has 0 atom stereocenters. The molecule has 0 fully saturated rings. The first-order valence-electron chi connectivity index (χ1n) is 6.40. The fourth-order valence-corrected chi connectivity index (χ4v) is 1.27. The minimum Gasteiger partial charge on any atom is -0.776 e. The summed E-state index contributed by atoms with van der Waals surface area (Å²) in [6.07, 6.45) is -3.94. The third-order valence-electron chi connectivity index (χ3n) is 2.30. The third kappa shape index (κ3) is 12.3. The molecule has 130 valence electrons. The molecule has 0 saturated carbocycles. The number of aryl methyl sites for hydroxylation is 1. The first kappa shape index (κ1) is 22.2. The van der Waals surface area contributed by atoms with E-state index in [0.717, 1.165) is 5.69 Å². The van der Waals surface area contributed by atoms with Gasteiger partial charge in [-0.1, -0.05) is 40.2 Å². The van der Waals surface area contributed by atoms with Gasteiger partial charge in [0.25, 0.3) is 5.29 Å². The van der Waals surface area contributed by atoms with Gasteiger partial charge in [-0.15, -0.1) is 0 Å². The summed E-state index contributed by atoms with van der Waals surface area (Å²) in [5.74, 6) is 0.692. The van der Waals surface area contributed by atoms with E-state index in [-0.39, 0.29) is 0 Å². The van der Waals surface area contributed by atoms with Crippen molar-refractivity contribution < 1.29 is 14.0 Å². The number of nitrogens with one attached hydrogen (secondary N) is 1. The van der Waals surface area contributed by atoms with E-state index in [4.69, 9.17) is 11.6 Å². The molecule has 0 aliphatic rings. The number of anilines is 1. The maximum absolute atomic E-state index is 9.19. The Hall–Kier alpha value is -0.780. The van der Waals surface area contributed by atoms with Gasteiger partial charge in [-0.05, 0) is 35.6 Å². The van der Waals surface area contributed by atoms with Crippen LogP contribution in [0.15, 0.2) is 29.3 Å². The monoisotopic (exact) mass is 400 g/mol. The lowest BCUT2D eigenvalue weighted by Crippen LogP contribution is -2.25. The molecule has 0 aliphatic carbocycles. The molecule has 0 aliphatic heterocycles. The molecule has 1 rings (SSSR count). The maximum Gasteiger partial charge on any atom is 0.394 e. The highest BCUT2D eigenvalue weighted by molar-refractivity contribution is 8.03. The van der Waals surface area contributed by atoms with Crippen LogP contribution in [0.25, 0.3) is 0 Å². The fraction of sp³-hybridized carbons (Fsp3) is 0.385. The second-order valence-electron chi connectivity index (χ2n) is 4.90. The van der Waals surface area contributed by atoms with E-state index in [1.165, 1.54) is 5.56 Å². The van der Waals surface area contributed by atoms with Crippen LogP contribution in [0.4, 0.5) is 5.69 Å². The number of guanidine groups is 1. The van der Waals surface area contributed by atoms with Crippen LogP contribution in [0.1, 0.15) is 5.56 Å². The molecule has 1 N–H and O–H groups in total. The highest BCUT2D eigenvalue weighted by Gasteiger charge is 2.12. The molecule has 23 heavy (non-hydrogen) atoms. The molecule has 0 aromatic heterocycles. The molecule has 10 heteroatoms. The van der Waals surface area contributed by atoms with E-state index in [0.29, 0.717) is 11.3 Å². The Morgan fingerprint density at radius 1 is 1.26 bits per heavy atom. The summed E-state index contributed by atoms with van der Waals surface area (Å²) >= 11 is 14.6. The molecule has 1 aromatic rings. The normalized spacial score (nSPS) is 11.3. The zero-order valence-corrected chi connectivity index (χ0v) is 16.7. The number of amidine groups is 1. The zero-order chi connectivity index (χ0) is 18.2. The number of hydrogen-bond donors (Lipinski definition) is 1. The highest BCUT2D eigenvalue weighted by atomic mass is 35.9. The number of rotatable bonds is 1. The van der Waals surface area contributed by atoms with Crippen molar-refractivity contribution in [2.75, 3.05) is 33.5 Å². The Morgan fingerprint density at radius 2 is 1.70 bits per heavy atom. The summed E-state index contributed by atoms with van der Waals surface area (Å²) in [6, 6.07) is 8.12. The Morgan fingerprint density at radius 3 is 2.04 bits per heavy atom. The van der Waals surface area contributed by atoms with E-state index in [9.17, 15) is 9.46 Å². The average Bonchev–Trinajstić information content (AvgIpc) is 2.38. The minimum atomic E-state index is -3.94. The van der Waals surface area contributed by atoms with Crippen molar-refractivity contribution in [3.05, 3.63) is 29.8 Å². The van der Waals surface area contributed by atoms with Crippen molar-refractivity contribution >= 4 is 57.1 Å². The number of benzene rings is 1. The molecule has 1 aromatic carbocycles. The largest absolute Gasteiger partial charge is 0.776 e. The van der Waals surface area contributed by atoms with Gasteiger partial charge in [-0.3, -0.25) is 4.58 Å². The minimum absolute atomic E-state index is 0.429. The predicted molar refractivity (Wildman–Crippen MR) is 98.2 cm³/mol. The van der Waals surface area contributed by atoms with Gasteiger partial charge in [-0.25, -0.2) is 5.32 Å². The summed E-state index contributed by atoms with van der Waals surface area (Å²) in [4.78, 5) is 15.3. The molecular weight excluding hydrogens is 382 g/mol. The van der Waals surface area contributed by atoms with Gasteiger partial charge in [0.05, 0.1) is 19.8 Å². The van der Waals surface area contributed by atoms with Crippen LogP contribution >= 0.6 is 40.2 Å². The van der Waals surface area contributed by atoms with E-state index < -0.39 is 6.07 Å². The molecule has 0 spiro atoms. The number of aliphatic imine (C=N–C) groups is 1. The van der Waals surface area contributed by atoms with Crippen molar-refractivity contribution in [1.29, 1.82) is 0 Å². The van der Waals surface area contributed by atoms with Gasteiger partial charge in [0.15, 0.2) is 6.07 Å². The number of halogens is 3. The SMILES string of the molecule is Cc1ccc(NC(/N=C(\Cl)N(C)C)=[N+](C)C)cc1.O=P([O-])(Cl)Cl. The van der Waals surface area contributed by atoms with Crippen LogP contribution in [0, 0.1) is 6.92 Å². The zero-order valence-electron chi connectivity index (χ0n) is 13.5. The predicted octanol–water partition coefficient (Wildman–Crippen LogP) is 3.12. The van der Waals surface area contributed by atoms with Gasteiger partial charge >= 0.3 is 5.96 Å². The molecule has 6 nitrogen and oxygen atoms in total. The second-order valence-corrected chi connectivity index (χ2v) is 9.26. The molecule has 0 radical (unpaired) electrons. The molecule has 0 bridgehead atoms. The standard InChI is InChI=1S/C13H19ClN4.Cl2HO2P/c1-10-6-8-11(9-7-10)15-13(18(4)5)16-12(14)17(2)3;1-5(2,3)4/h6-9H,1-5H3;(H,3,4)/b16-12+;. The van der Waals surface area contributed by atoms with E-state index in [1.807, 2.05) is 57.0 Å². The van der Waals surface area contributed by atoms with Gasteiger partial charge in [0.2, 0.25) is 0 Å². The van der Waals surface area contributed by atoms with Crippen molar-refractivity contribution in [3.63, 3.8) is 0 Å². The van der Waals surface area contributed by atoms with Crippen LogP contribution in [0.2, 0.25) is 0 Å². The van der Waals surface area contributed by atoms with Gasteiger partial charge < -0.3 is 14.4 Å². The van der Waals surface area contributed by atoms with Crippen LogP contribution < -0.4 is 10.2 Å². The van der Waals surface area contributed by atoms with Crippen LogP contribution in [-0.4, -0.2) is 48.9 Å². The quantitative estimate of drug-likeness (QED) is 0.258. The van der Waals surface area contributed by atoms with Crippen molar-refractivity contribution in [2.45, 2.75) is 6.92 Å². The van der Waals surface area contributed by atoms with Crippen molar-refractivity contribution in [1.82, 2.24) is 4.90 Å². The van der Waals surface area contributed by atoms with Gasteiger partial charge in [0.1, 0.15) is 0 Å². The lowest BCUT2D eigenvalue weighted by atomic mass is 10.2. The molecule has 0 unspecified atom stereocenters. The summed E-state index contributed by atoms with van der Waals surface area (Å²) in [7, 11) is 7.54. The molecule has 0 heterocycles. The van der Waals surface area contributed by atoms with Gasteiger partial charge in [-0.2, -0.15) is 0 Å². The van der Waals surface area contributed by atoms with Gasteiger partial charge in [0, 0.05) is 14.1 Å². The third-order valence-corrected chi connectivity index (χ3v) is 2.72. The second kappa shape index (κ2) is 10.2. The topological polar surface area (TPSA) is 70.8 Å². The number of nitrogens with zero attached hydrogens (tertiary/aromatic N) is 3. The fourth-order valence-electron chi connectivity index (χ4n) is 1.19. The first-order chi connectivity index (χ1) is 10.4. The number of hydrogen-bond acceptors (Lipinski definition) is 2. The van der Waals surface area contributed by atoms with Crippen LogP contribution in [0.5, 0.6) is 0 Å². The Kier molecular flexibility index (Phi) is 9.82. The van der Waals surface area contributed by atoms with Crippen molar-refractivity contribution in [3.8, 4) is 0 Å². The summed E-state index contributed by atoms with van der Waals surface area (Å²) in [5, 5.41) is 3.66. The molecule has 0 saturated heterocycles. The smallest absolute Gasteiger partial charge is 0.394 e. The Balaban J connectivity index is 0.000000841. The van der Waals surface area contributed by atoms with Crippen LogP contribution in [-0.2, 0) is 4.57 Å². The van der Waals surface area contributed by atoms with E-state index >= 15 is 0 Å². The Labute approximate surface area is 151 Å². The lowest BCUT2D eigenvalue weighted by molar-refractivity contribution is -0.465. The average molecular weight is 402 g/mol.